The van der Waals surface area contributed by atoms with Gasteiger partial charge >= 0.3 is 17.9 Å². The number of carboxylic acids is 3. The lowest BCUT2D eigenvalue weighted by Gasteiger charge is -2.16. The Labute approximate surface area is 264 Å². The number of carboxylic acid groups (broad SMARTS) is 3. The zero-order chi connectivity index (χ0) is 34.4. The summed E-state index contributed by atoms with van der Waals surface area (Å²) in [5.74, 6) is -4.21. The lowest BCUT2D eigenvalue weighted by molar-refractivity contribution is 0.0682. The molecule has 240 valence electrons. The average molecular weight is 661 g/mol. The maximum atomic E-state index is 11.8. The van der Waals surface area contributed by atoms with Crippen LogP contribution < -0.4 is 4.72 Å². The molecule has 0 fully saturated rings. The van der Waals surface area contributed by atoms with E-state index in [2.05, 4.69) is 35.2 Å². The number of aromatic carboxylic acids is 3. The number of benzene rings is 2. The van der Waals surface area contributed by atoms with Crippen molar-refractivity contribution in [2.45, 2.75) is 26.2 Å². The van der Waals surface area contributed by atoms with E-state index in [1.54, 1.807) is 0 Å². The molecule has 0 atom stereocenters. The molecule has 0 aliphatic carbocycles. The Morgan fingerprint density at radius 1 is 0.957 bits per heavy atom. The van der Waals surface area contributed by atoms with Crippen LogP contribution >= 0.6 is 0 Å². The zero-order valence-corrected chi connectivity index (χ0v) is 25.7. The van der Waals surface area contributed by atoms with E-state index in [4.69, 9.17) is 0 Å². The van der Waals surface area contributed by atoms with Gasteiger partial charge < -0.3 is 15.3 Å². The summed E-state index contributed by atoms with van der Waals surface area (Å²) >= 11 is 0. The van der Waals surface area contributed by atoms with Crippen molar-refractivity contribution in [3.8, 4) is 23.1 Å². The summed E-state index contributed by atoms with van der Waals surface area (Å²) in [7, 11) is -3.74. The van der Waals surface area contributed by atoms with E-state index >= 15 is 0 Å². The van der Waals surface area contributed by atoms with E-state index in [9.17, 15) is 43.4 Å². The van der Waals surface area contributed by atoms with Gasteiger partial charge in [-0.15, -0.1) is 15.3 Å². The van der Waals surface area contributed by atoms with Crippen molar-refractivity contribution >= 4 is 50.8 Å². The first-order valence-corrected chi connectivity index (χ1v) is 15.2. The fraction of sp³-hybridized carbons (Fsp3) is 0.179. The molecular formula is C28H24N10O8S. The largest absolute Gasteiger partial charge is 0.478 e. The Kier molecular flexibility index (Phi) is 7.83. The second-order valence-corrected chi connectivity index (χ2v) is 13.0. The molecule has 5 rings (SSSR count). The molecule has 0 saturated carbocycles. The molecule has 0 amide bonds. The lowest BCUT2D eigenvalue weighted by Crippen LogP contribution is -2.12. The topological polar surface area (TPSA) is 270 Å². The first-order valence-electron chi connectivity index (χ1n) is 13.3. The fourth-order valence-corrected chi connectivity index (χ4v) is 5.04. The van der Waals surface area contributed by atoms with Crippen LogP contribution in [0.3, 0.4) is 0 Å². The van der Waals surface area contributed by atoms with Gasteiger partial charge in [0.25, 0.3) is 0 Å². The number of anilines is 1. The number of aromatic amines is 1. The van der Waals surface area contributed by atoms with Crippen LogP contribution in [0.5, 0.6) is 0 Å². The van der Waals surface area contributed by atoms with E-state index in [-0.39, 0.29) is 62.2 Å². The fourth-order valence-electron chi connectivity index (χ4n) is 4.49. The highest BCUT2D eigenvalue weighted by molar-refractivity contribution is 7.92. The van der Waals surface area contributed by atoms with Crippen molar-refractivity contribution in [1.82, 2.24) is 29.6 Å². The molecule has 0 aliphatic heterocycles. The number of hydrogen-bond donors (Lipinski definition) is 5. The van der Waals surface area contributed by atoms with E-state index in [1.807, 2.05) is 26.8 Å². The number of azo groups is 1. The number of rotatable bonds is 9. The predicted molar refractivity (Wildman–Crippen MR) is 163 cm³/mol. The molecule has 0 bridgehead atoms. The van der Waals surface area contributed by atoms with Crippen LogP contribution in [-0.2, 0) is 15.4 Å². The number of nitrogens with zero attached hydrogens (tertiary/aromatic N) is 8. The molecule has 0 spiro atoms. The molecule has 18 nitrogen and oxygen atoms in total. The third-order valence-corrected chi connectivity index (χ3v) is 7.14. The maximum absolute atomic E-state index is 11.8. The Bertz CT molecular complexity index is 2270. The number of carbonyl (C=O) groups is 3. The second-order valence-electron chi connectivity index (χ2n) is 11.2. The summed E-state index contributed by atoms with van der Waals surface area (Å²) in [4.78, 5) is 39.7. The van der Waals surface area contributed by atoms with Gasteiger partial charge in [-0.05, 0) is 36.4 Å². The van der Waals surface area contributed by atoms with Gasteiger partial charge in [-0.1, -0.05) is 20.8 Å². The van der Waals surface area contributed by atoms with E-state index in [1.165, 1.54) is 28.9 Å². The third kappa shape index (κ3) is 6.52. The number of nitrogens with one attached hydrogen (secondary N) is 2. The molecule has 5 aromatic rings. The van der Waals surface area contributed by atoms with Crippen LogP contribution in [-0.4, -0.2) is 77.5 Å². The van der Waals surface area contributed by atoms with Crippen LogP contribution in [0.4, 0.5) is 17.2 Å². The van der Waals surface area contributed by atoms with Gasteiger partial charge in [0.2, 0.25) is 15.7 Å². The lowest BCUT2D eigenvalue weighted by atomic mass is 9.91. The quantitative estimate of drug-likeness (QED) is 0.141. The second kappa shape index (κ2) is 11.5. The van der Waals surface area contributed by atoms with Crippen LogP contribution in [0.1, 0.15) is 63.1 Å². The zero-order valence-electron chi connectivity index (χ0n) is 24.9. The number of aromatic nitrogens is 6. The first-order chi connectivity index (χ1) is 21.9. The Morgan fingerprint density at radius 2 is 1.57 bits per heavy atom. The minimum absolute atomic E-state index is 0.00501. The van der Waals surface area contributed by atoms with Gasteiger partial charge in [0, 0.05) is 11.0 Å². The minimum Gasteiger partial charge on any atom is -0.478 e. The van der Waals surface area contributed by atoms with Crippen molar-refractivity contribution in [2.24, 2.45) is 10.2 Å². The van der Waals surface area contributed by atoms with Crippen molar-refractivity contribution in [3.05, 3.63) is 70.5 Å². The molecule has 3 heterocycles. The van der Waals surface area contributed by atoms with Crippen molar-refractivity contribution in [1.29, 1.82) is 5.26 Å². The SMILES string of the molecule is CC(C)(C)c1[nH]n2nc(-c3cc(NS(C)(=O)=O)cc(C(=O)O)c3)nc2c1N=Nc1c(C#N)cnn1-c1cc(C(=O)O)cc(C(=O)O)c1. The summed E-state index contributed by atoms with van der Waals surface area (Å²) in [5.41, 5.74) is -0.587. The van der Waals surface area contributed by atoms with E-state index in [0.29, 0.717) is 5.69 Å². The van der Waals surface area contributed by atoms with E-state index in [0.717, 1.165) is 29.3 Å². The third-order valence-electron chi connectivity index (χ3n) is 6.53. The molecule has 19 heteroatoms. The summed E-state index contributed by atoms with van der Waals surface area (Å²) < 4.78 is 28.3. The van der Waals surface area contributed by atoms with Crippen LogP contribution in [0.2, 0.25) is 0 Å². The van der Waals surface area contributed by atoms with Crippen molar-refractivity contribution in [3.63, 3.8) is 0 Å². The molecule has 2 aromatic carbocycles. The highest BCUT2D eigenvalue weighted by Crippen LogP contribution is 2.36. The molecule has 47 heavy (non-hydrogen) atoms. The van der Waals surface area contributed by atoms with Crippen LogP contribution in [0.25, 0.3) is 22.7 Å². The highest BCUT2D eigenvalue weighted by atomic mass is 32.2. The monoisotopic (exact) mass is 660 g/mol. The van der Waals surface area contributed by atoms with Crippen LogP contribution in [0, 0.1) is 11.3 Å². The number of nitriles is 1. The van der Waals surface area contributed by atoms with Gasteiger partial charge in [0.15, 0.2) is 17.3 Å². The molecule has 0 radical (unpaired) electrons. The number of fused-ring (bicyclic) bond motifs is 1. The first kappa shape index (κ1) is 32.0. The van der Waals surface area contributed by atoms with Gasteiger partial charge in [0.1, 0.15) is 11.6 Å². The van der Waals surface area contributed by atoms with Crippen molar-refractivity contribution < 1.29 is 38.1 Å². The summed E-state index contributed by atoms with van der Waals surface area (Å²) in [6.07, 6.45) is 2.08. The molecule has 0 unspecified atom stereocenters. The summed E-state index contributed by atoms with van der Waals surface area (Å²) in [6, 6.07) is 9.02. The van der Waals surface area contributed by atoms with Crippen molar-refractivity contribution in [2.75, 3.05) is 11.0 Å². The van der Waals surface area contributed by atoms with E-state index < -0.39 is 33.3 Å². The van der Waals surface area contributed by atoms with Gasteiger partial charge in [-0.3, -0.25) is 9.82 Å². The average Bonchev–Trinajstić information content (AvgIpc) is 3.67. The highest BCUT2D eigenvalue weighted by Gasteiger charge is 2.27. The maximum Gasteiger partial charge on any atom is 0.335 e. The standard InChI is InChI=1S/C28H24N10O8S/c1-28(2,3)21-20(24-31-22(35-38(24)34-21)13-5-14(25(39)40)8-18(7-13)36-47(4,45)46)32-33-23-17(11-29)12-30-37(23)19-9-15(26(41)42)6-16(10-19)27(43)44/h5-10,12,34,36H,1-4H3,(H,39,40)(H,41,42)(H,43,44). The Morgan fingerprint density at radius 3 is 2.13 bits per heavy atom. The summed E-state index contributed by atoms with van der Waals surface area (Å²) in [5, 5.41) is 58.6. The Hall–Kier alpha value is -6.42. The molecule has 0 saturated heterocycles. The molecule has 3 aromatic heterocycles. The van der Waals surface area contributed by atoms with Gasteiger partial charge in [0.05, 0.1) is 46.2 Å². The normalized spacial score (nSPS) is 12.0. The Balaban J connectivity index is 1.67. The predicted octanol–water partition coefficient (Wildman–Crippen LogP) is 3.96. The number of hydrogen-bond acceptors (Lipinski definition) is 11. The summed E-state index contributed by atoms with van der Waals surface area (Å²) in [6.45, 7) is 5.61. The molecular weight excluding hydrogens is 636 g/mol. The smallest absolute Gasteiger partial charge is 0.335 e. The number of sulfonamides is 1. The van der Waals surface area contributed by atoms with Gasteiger partial charge in [-0.25, -0.2) is 32.5 Å². The minimum atomic E-state index is -3.74. The number of H-pyrrole nitrogens is 1. The van der Waals surface area contributed by atoms with Crippen LogP contribution in [0.15, 0.2) is 52.8 Å². The molecule has 5 N–H and O–H groups in total. The van der Waals surface area contributed by atoms with Gasteiger partial charge in [-0.2, -0.15) is 15.0 Å². The molecule has 0 aliphatic rings.